The van der Waals surface area contributed by atoms with Crippen molar-refractivity contribution in [3.63, 3.8) is 0 Å². The fourth-order valence-corrected chi connectivity index (χ4v) is 2.70. The minimum Gasteiger partial charge on any atom is -0.372 e. The molecule has 0 aromatic rings. The number of hydrogen-bond acceptors (Lipinski definition) is 3. The Balaban J connectivity index is 0.00000576. The number of rotatable bonds is 8. The van der Waals surface area contributed by atoms with E-state index in [1.807, 2.05) is 0 Å². The van der Waals surface area contributed by atoms with Crippen molar-refractivity contribution in [3.8, 4) is 0 Å². The monoisotopic (exact) mass is 480 g/mol. The van der Waals surface area contributed by atoms with Crippen LogP contribution in [0.3, 0.4) is 0 Å². The summed E-state index contributed by atoms with van der Waals surface area (Å²) in [5.74, 6) is 0.663. The summed E-state index contributed by atoms with van der Waals surface area (Å²) in [6.07, 6.45) is 0.0274. The Bertz CT molecular complexity index is 386. The van der Waals surface area contributed by atoms with Gasteiger partial charge in [-0.05, 0) is 46.2 Å². The fraction of sp³-hybridized carbons (Fsp3) is 0.938. The SMILES string of the molecule is CN=C(NCCCOCC(F)(F)F)NCC(C)(C)N1CCCCC1.I. The van der Waals surface area contributed by atoms with E-state index in [1.54, 1.807) is 7.05 Å². The van der Waals surface area contributed by atoms with Gasteiger partial charge in [0.25, 0.3) is 0 Å². The third kappa shape index (κ3) is 11.1. The van der Waals surface area contributed by atoms with Crippen LogP contribution in [0, 0.1) is 0 Å². The van der Waals surface area contributed by atoms with Crippen molar-refractivity contribution in [2.24, 2.45) is 4.99 Å². The number of halogens is 4. The quantitative estimate of drug-likeness (QED) is 0.243. The van der Waals surface area contributed by atoms with Crippen molar-refractivity contribution in [2.45, 2.75) is 51.2 Å². The first-order valence-electron chi connectivity index (χ1n) is 8.59. The highest BCUT2D eigenvalue weighted by atomic mass is 127. The van der Waals surface area contributed by atoms with Crippen LogP contribution in [-0.2, 0) is 4.74 Å². The Labute approximate surface area is 166 Å². The summed E-state index contributed by atoms with van der Waals surface area (Å²) in [4.78, 5) is 6.64. The van der Waals surface area contributed by atoms with Gasteiger partial charge in [0.05, 0.1) is 0 Å². The minimum atomic E-state index is -4.26. The average Bonchev–Trinajstić information content (AvgIpc) is 2.53. The summed E-state index contributed by atoms with van der Waals surface area (Å²) in [7, 11) is 1.68. The zero-order chi connectivity index (χ0) is 18.1. The number of nitrogens with zero attached hydrogens (tertiary/aromatic N) is 2. The third-order valence-corrected chi connectivity index (χ3v) is 4.15. The molecule has 0 atom stereocenters. The number of hydrogen-bond donors (Lipinski definition) is 2. The maximum atomic E-state index is 11.9. The standard InChI is InChI=1S/C16H31F3N4O.HI/c1-15(2,23-9-5-4-6-10-23)12-22-14(20-3)21-8-7-11-24-13-16(17,18)19;/h4-13H2,1-3H3,(H2,20,21,22);1H. The average molecular weight is 480 g/mol. The maximum absolute atomic E-state index is 11.9. The molecular formula is C16H32F3IN4O. The molecule has 1 heterocycles. The molecule has 5 nitrogen and oxygen atoms in total. The molecule has 25 heavy (non-hydrogen) atoms. The molecule has 0 radical (unpaired) electrons. The summed E-state index contributed by atoms with van der Waals surface area (Å²) in [6.45, 7) is 6.83. The third-order valence-electron chi connectivity index (χ3n) is 4.15. The van der Waals surface area contributed by atoms with Crippen molar-refractivity contribution in [1.82, 2.24) is 15.5 Å². The van der Waals surface area contributed by atoms with Crippen LogP contribution >= 0.6 is 24.0 Å². The molecule has 1 saturated heterocycles. The van der Waals surface area contributed by atoms with Crippen molar-refractivity contribution in [1.29, 1.82) is 0 Å². The van der Waals surface area contributed by atoms with Gasteiger partial charge >= 0.3 is 6.18 Å². The number of alkyl halides is 3. The molecule has 0 aromatic heterocycles. The molecule has 0 saturated carbocycles. The second-order valence-electron chi connectivity index (χ2n) is 6.73. The lowest BCUT2D eigenvalue weighted by atomic mass is 9.98. The van der Waals surface area contributed by atoms with Crippen LogP contribution in [0.2, 0.25) is 0 Å². The Morgan fingerprint density at radius 3 is 2.32 bits per heavy atom. The van der Waals surface area contributed by atoms with Gasteiger partial charge in [0, 0.05) is 32.3 Å². The van der Waals surface area contributed by atoms with Gasteiger partial charge in [0.2, 0.25) is 0 Å². The molecule has 1 aliphatic rings. The molecule has 0 bridgehead atoms. The topological polar surface area (TPSA) is 48.9 Å². The lowest BCUT2D eigenvalue weighted by Gasteiger charge is -2.41. The number of guanidine groups is 1. The van der Waals surface area contributed by atoms with Crippen LogP contribution in [0.4, 0.5) is 13.2 Å². The highest BCUT2D eigenvalue weighted by Gasteiger charge is 2.28. The highest BCUT2D eigenvalue weighted by Crippen LogP contribution is 2.19. The van der Waals surface area contributed by atoms with E-state index in [1.165, 1.54) is 19.3 Å². The fourth-order valence-electron chi connectivity index (χ4n) is 2.70. The predicted octanol–water partition coefficient (Wildman–Crippen LogP) is 3.00. The molecule has 1 aliphatic heterocycles. The lowest BCUT2D eigenvalue weighted by molar-refractivity contribution is -0.173. The van der Waals surface area contributed by atoms with Crippen LogP contribution < -0.4 is 10.6 Å². The van der Waals surface area contributed by atoms with Gasteiger partial charge in [-0.15, -0.1) is 24.0 Å². The van der Waals surface area contributed by atoms with E-state index in [9.17, 15) is 13.2 Å². The first-order valence-corrected chi connectivity index (χ1v) is 8.59. The Morgan fingerprint density at radius 2 is 1.76 bits per heavy atom. The minimum absolute atomic E-state index is 0. The first kappa shape index (κ1) is 24.7. The van der Waals surface area contributed by atoms with Gasteiger partial charge in [0.15, 0.2) is 5.96 Å². The van der Waals surface area contributed by atoms with Crippen LogP contribution in [0.1, 0.15) is 39.5 Å². The van der Waals surface area contributed by atoms with Gasteiger partial charge < -0.3 is 15.4 Å². The van der Waals surface area contributed by atoms with Crippen LogP contribution in [-0.4, -0.2) is 69.0 Å². The largest absolute Gasteiger partial charge is 0.411 e. The van der Waals surface area contributed by atoms with E-state index in [0.29, 0.717) is 18.9 Å². The van der Waals surface area contributed by atoms with Crippen molar-refractivity contribution < 1.29 is 17.9 Å². The van der Waals surface area contributed by atoms with Crippen LogP contribution in [0.25, 0.3) is 0 Å². The Morgan fingerprint density at radius 1 is 1.12 bits per heavy atom. The zero-order valence-corrected chi connectivity index (χ0v) is 17.7. The van der Waals surface area contributed by atoms with E-state index < -0.39 is 12.8 Å². The molecule has 1 rings (SSSR count). The van der Waals surface area contributed by atoms with Gasteiger partial charge in [0.1, 0.15) is 6.61 Å². The highest BCUT2D eigenvalue weighted by molar-refractivity contribution is 14.0. The van der Waals surface area contributed by atoms with Gasteiger partial charge in [-0.2, -0.15) is 13.2 Å². The smallest absolute Gasteiger partial charge is 0.372 e. The number of likely N-dealkylation sites (tertiary alicyclic amines) is 1. The summed E-state index contributed by atoms with van der Waals surface area (Å²) in [6, 6.07) is 0. The van der Waals surface area contributed by atoms with Gasteiger partial charge in [-0.3, -0.25) is 9.89 Å². The summed E-state index contributed by atoms with van der Waals surface area (Å²) in [5.41, 5.74) is 0.0356. The summed E-state index contributed by atoms with van der Waals surface area (Å²) in [5, 5.41) is 6.40. The van der Waals surface area contributed by atoms with Gasteiger partial charge in [-0.25, -0.2) is 0 Å². The van der Waals surface area contributed by atoms with Crippen LogP contribution in [0.5, 0.6) is 0 Å². The zero-order valence-electron chi connectivity index (χ0n) is 15.4. The van der Waals surface area contributed by atoms with E-state index in [4.69, 9.17) is 0 Å². The summed E-state index contributed by atoms with van der Waals surface area (Å²) >= 11 is 0. The Hall–Kier alpha value is -0.290. The molecule has 0 aliphatic carbocycles. The molecule has 1 fully saturated rings. The van der Waals surface area contributed by atoms with E-state index >= 15 is 0 Å². The maximum Gasteiger partial charge on any atom is 0.411 e. The molecule has 0 amide bonds. The van der Waals surface area contributed by atoms with Gasteiger partial charge in [-0.1, -0.05) is 6.42 Å². The molecule has 9 heteroatoms. The number of ether oxygens (including phenoxy) is 1. The molecule has 0 aromatic carbocycles. The second kappa shape index (κ2) is 12.2. The lowest BCUT2D eigenvalue weighted by Crippen LogP contribution is -2.54. The number of nitrogens with one attached hydrogen (secondary N) is 2. The predicted molar refractivity (Wildman–Crippen MR) is 106 cm³/mol. The van der Waals surface area contributed by atoms with E-state index in [0.717, 1.165) is 19.6 Å². The second-order valence-corrected chi connectivity index (χ2v) is 6.73. The molecule has 150 valence electrons. The van der Waals surface area contributed by atoms with Crippen LogP contribution in [0.15, 0.2) is 4.99 Å². The van der Waals surface area contributed by atoms with Crippen molar-refractivity contribution >= 4 is 29.9 Å². The molecule has 2 N–H and O–H groups in total. The first-order chi connectivity index (χ1) is 11.2. The van der Waals surface area contributed by atoms with E-state index in [2.05, 4.69) is 39.1 Å². The molecule has 0 spiro atoms. The molecule has 0 unspecified atom stereocenters. The normalized spacial score (nSPS) is 17.1. The number of aliphatic imine (C=N–C) groups is 1. The van der Waals surface area contributed by atoms with E-state index in [-0.39, 0.29) is 36.1 Å². The molecular weight excluding hydrogens is 448 g/mol. The Kier molecular flexibility index (Phi) is 12.0. The summed E-state index contributed by atoms with van der Waals surface area (Å²) < 4.78 is 40.4. The van der Waals surface area contributed by atoms with Crippen molar-refractivity contribution in [2.75, 3.05) is 46.4 Å². The number of piperidine rings is 1. The van der Waals surface area contributed by atoms with Crippen molar-refractivity contribution in [3.05, 3.63) is 0 Å².